The van der Waals surface area contributed by atoms with Crippen LogP contribution in [0.4, 0.5) is 0 Å². The number of benzene rings is 1. The van der Waals surface area contributed by atoms with Crippen LogP contribution in [0.25, 0.3) is 6.08 Å². The molecule has 0 aliphatic heterocycles. The number of carbonyl (C=O) groups excluding carboxylic acids is 1. The Morgan fingerprint density at radius 1 is 1.17 bits per heavy atom. The predicted molar refractivity (Wildman–Crippen MR) is 94.7 cm³/mol. The quantitative estimate of drug-likeness (QED) is 0.684. The number of hydrogen-bond acceptors (Lipinski definition) is 4. The van der Waals surface area contributed by atoms with Crippen molar-refractivity contribution in [3.63, 3.8) is 0 Å². The summed E-state index contributed by atoms with van der Waals surface area (Å²) in [5.74, 6) is 2.21. The number of amides is 1. The summed E-state index contributed by atoms with van der Waals surface area (Å²) in [6.07, 6.45) is 5.64. The topological polar surface area (TPSA) is 48.0 Å². The van der Waals surface area contributed by atoms with Gasteiger partial charge in [0.2, 0.25) is 11.7 Å². The van der Waals surface area contributed by atoms with Crippen molar-refractivity contribution in [1.82, 2.24) is 4.90 Å². The van der Waals surface area contributed by atoms with Gasteiger partial charge >= 0.3 is 0 Å². The first kappa shape index (κ1) is 18.2. The Labute approximate surface area is 144 Å². The number of methoxy groups -OCH3 is 3. The van der Waals surface area contributed by atoms with Gasteiger partial charge in [0.15, 0.2) is 11.5 Å². The van der Waals surface area contributed by atoms with Gasteiger partial charge < -0.3 is 19.1 Å². The zero-order valence-corrected chi connectivity index (χ0v) is 15.2. The molecule has 1 saturated carbocycles. The van der Waals surface area contributed by atoms with E-state index >= 15 is 0 Å². The third kappa shape index (κ3) is 4.43. The highest BCUT2D eigenvalue weighted by Crippen LogP contribution is 2.38. The molecule has 0 atom stereocenters. The number of rotatable bonds is 8. The molecule has 2 rings (SSSR count). The lowest BCUT2D eigenvalue weighted by molar-refractivity contribution is -0.127. The Hall–Kier alpha value is -2.17. The van der Waals surface area contributed by atoms with Crippen LogP contribution in [0, 0.1) is 5.92 Å². The van der Waals surface area contributed by atoms with E-state index in [2.05, 4.69) is 13.8 Å². The van der Waals surface area contributed by atoms with E-state index in [4.69, 9.17) is 14.2 Å². The second kappa shape index (κ2) is 8.08. The standard InChI is InChI=1S/C19H27NO4/c1-13(2)12-20(15-7-8-15)18(21)9-6-14-10-16(22-3)19(24-5)17(11-14)23-4/h6,9-11,13,15H,7-8,12H2,1-5H3/b9-6+. The van der Waals surface area contributed by atoms with E-state index < -0.39 is 0 Å². The van der Waals surface area contributed by atoms with Crippen molar-refractivity contribution >= 4 is 12.0 Å². The third-order valence-corrected chi connectivity index (χ3v) is 3.94. The van der Waals surface area contributed by atoms with Gasteiger partial charge in [-0.3, -0.25) is 4.79 Å². The summed E-state index contributed by atoms with van der Waals surface area (Å²) in [6, 6.07) is 4.06. The zero-order chi connectivity index (χ0) is 17.7. The summed E-state index contributed by atoms with van der Waals surface area (Å²) in [5.41, 5.74) is 0.832. The Morgan fingerprint density at radius 3 is 2.17 bits per heavy atom. The van der Waals surface area contributed by atoms with Crippen molar-refractivity contribution < 1.29 is 19.0 Å². The number of nitrogens with zero attached hydrogens (tertiary/aromatic N) is 1. The average Bonchev–Trinajstić information content (AvgIpc) is 3.41. The molecule has 1 aromatic rings. The Bertz CT molecular complexity index is 580. The fourth-order valence-electron chi connectivity index (χ4n) is 2.66. The van der Waals surface area contributed by atoms with Crippen molar-refractivity contribution in [3.05, 3.63) is 23.8 Å². The molecular weight excluding hydrogens is 306 g/mol. The van der Waals surface area contributed by atoms with Gasteiger partial charge in [0, 0.05) is 18.7 Å². The molecule has 0 spiro atoms. The van der Waals surface area contributed by atoms with Crippen LogP contribution in [-0.2, 0) is 4.79 Å². The van der Waals surface area contributed by atoms with Crippen LogP contribution < -0.4 is 14.2 Å². The fraction of sp³-hybridized carbons (Fsp3) is 0.526. The van der Waals surface area contributed by atoms with E-state index in [1.807, 2.05) is 17.0 Å². The zero-order valence-electron chi connectivity index (χ0n) is 15.2. The molecule has 0 unspecified atom stereocenters. The van der Waals surface area contributed by atoms with Gasteiger partial charge in [0.25, 0.3) is 0 Å². The third-order valence-electron chi connectivity index (χ3n) is 3.94. The Balaban J connectivity index is 2.19. The van der Waals surface area contributed by atoms with Crippen LogP contribution in [0.15, 0.2) is 18.2 Å². The summed E-state index contributed by atoms with van der Waals surface area (Å²) in [6.45, 7) is 5.06. The van der Waals surface area contributed by atoms with Crippen molar-refractivity contribution in [2.75, 3.05) is 27.9 Å². The van der Waals surface area contributed by atoms with Gasteiger partial charge in [0.1, 0.15) is 0 Å². The van der Waals surface area contributed by atoms with Gasteiger partial charge in [-0.15, -0.1) is 0 Å². The highest BCUT2D eigenvalue weighted by Gasteiger charge is 2.31. The smallest absolute Gasteiger partial charge is 0.246 e. The predicted octanol–water partition coefficient (Wildman–Crippen LogP) is 3.37. The molecule has 0 saturated heterocycles. The van der Waals surface area contributed by atoms with Crippen LogP contribution in [0.3, 0.4) is 0 Å². The van der Waals surface area contributed by atoms with E-state index in [0.717, 1.165) is 24.9 Å². The summed E-state index contributed by atoms with van der Waals surface area (Å²) < 4.78 is 16.0. The maximum atomic E-state index is 12.5. The lowest BCUT2D eigenvalue weighted by Gasteiger charge is -2.23. The van der Waals surface area contributed by atoms with E-state index in [-0.39, 0.29) is 5.91 Å². The second-order valence-electron chi connectivity index (χ2n) is 6.41. The minimum atomic E-state index is 0.0555. The molecule has 1 amide bonds. The van der Waals surface area contributed by atoms with E-state index in [9.17, 15) is 4.79 Å². The Morgan fingerprint density at radius 2 is 1.75 bits per heavy atom. The largest absolute Gasteiger partial charge is 0.493 e. The molecule has 0 N–H and O–H groups in total. The molecule has 1 aromatic carbocycles. The Kier molecular flexibility index (Phi) is 6.12. The van der Waals surface area contributed by atoms with Crippen molar-refractivity contribution in [1.29, 1.82) is 0 Å². The van der Waals surface area contributed by atoms with Gasteiger partial charge in [-0.1, -0.05) is 13.8 Å². The summed E-state index contributed by atoms with van der Waals surface area (Å²) in [5, 5.41) is 0. The molecule has 0 bridgehead atoms. The van der Waals surface area contributed by atoms with E-state index in [1.54, 1.807) is 33.5 Å². The molecule has 5 heteroatoms. The highest BCUT2D eigenvalue weighted by molar-refractivity contribution is 5.92. The molecule has 24 heavy (non-hydrogen) atoms. The minimum absolute atomic E-state index is 0.0555. The minimum Gasteiger partial charge on any atom is -0.493 e. The number of ether oxygens (including phenoxy) is 3. The van der Waals surface area contributed by atoms with Crippen LogP contribution in [0.2, 0.25) is 0 Å². The maximum absolute atomic E-state index is 12.5. The average molecular weight is 333 g/mol. The molecule has 0 aromatic heterocycles. The first-order chi connectivity index (χ1) is 11.5. The lowest BCUT2D eigenvalue weighted by atomic mass is 10.1. The van der Waals surface area contributed by atoms with Gasteiger partial charge in [-0.05, 0) is 42.5 Å². The van der Waals surface area contributed by atoms with Crippen molar-refractivity contribution in [3.8, 4) is 17.2 Å². The van der Waals surface area contributed by atoms with E-state index in [0.29, 0.717) is 29.2 Å². The van der Waals surface area contributed by atoms with Gasteiger partial charge in [-0.2, -0.15) is 0 Å². The van der Waals surface area contributed by atoms with Gasteiger partial charge in [-0.25, -0.2) is 0 Å². The molecule has 1 fully saturated rings. The van der Waals surface area contributed by atoms with Crippen molar-refractivity contribution in [2.45, 2.75) is 32.7 Å². The van der Waals surface area contributed by atoms with E-state index in [1.165, 1.54) is 0 Å². The maximum Gasteiger partial charge on any atom is 0.246 e. The molecule has 1 aliphatic rings. The summed E-state index contributed by atoms with van der Waals surface area (Å²) >= 11 is 0. The second-order valence-corrected chi connectivity index (χ2v) is 6.41. The monoisotopic (exact) mass is 333 g/mol. The molecule has 132 valence electrons. The summed E-state index contributed by atoms with van der Waals surface area (Å²) in [4.78, 5) is 14.5. The number of carbonyl (C=O) groups is 1. The SMILES string of the molecule is COc1cc(/C=C/C(=O)N(CC(C)C)C2CC2)cc(OC)c1OC. The van der Waals surface area contributed by atoms with Crippen LogP contribution in [0.5, 0.6) is 17.2 Å². The van der Waals surface area contributed by atoms with Crippen LogP contribution in [-0.4, -0.2) is 44.7 Å². The molecule has 0 heterocycles. The molecule has 0 radical (unpaired) electrons. The highest BCUT2D eigenvalue weighted by atomic mass is 16.5. The lowest BCUT2D eigenvalue weighted by Crippen LogP contribution is -2.34. The first-order valence-electron chi connectivity index (χ1n) is 8.28. The fourth-order valence-corrected chi connectivity index (χ4v) is 2.66. The molecule has 5 nitrogen and oxygen atoms in total. The summed E-state index contributed by atoms with van der Waals surface area (Å²) in [7, 11) is 4.72. The number of hydrogen-bond donors (Lipinski definition) is 0. The van der Waals surface area contributed by atoms with Crippen LogP contribution >= 0.6 is 0 Å². The first-order valence-corrected chi connectivity index (χ1v) is 8.28. The molecule has 1 aliphatic carbocycles. The molecular formula is C19H27NO4. The van der Waals surface area contributed by atoms with Crippen LogP contribution in [0.1, 0.15) is 32.3 Å². The normalized spacial score (nSPS) is 14.1. The van der Waals surface area contributed by atoms with Gasteiger partial charge in [0.05, 0.1) is 21.3 Å². The van der Waals surface area contributed by atoms with Crippen molar-refractivity contribution in [2.24, 2.45) is 5.92 Å².